The van der Waals surface area contributed by atoms with Crippen molar-refractivity contribution in [2.24, 2.45) is 5.73 Å². The van der Waals surface area contributed by atoms with Crippen LogP contribution in [0.1, 0.15) is 6.42 Å². The summed E-state index contributed by atoms with van der Waals surface area (Å²) in [7, 11) is 0. The van der Waals surface area contributed by atoms with Crippen molar-refractivity contribution in [1.29, 1.82) is 0 Å². The smallest absolute Gasteiger partial charge is 0.329 e. The second-order valence-corrected chi connectivity index (χ2v) is 5.61. The van der Waals surface area contributed by atoms with E-state index in [1.54, 1.807) is 0 Å². The Balaban J connectivity index is 2.55. The predicted molar refractivity (Wildman–Crippen MR) is 85.5 cm³/mol. The highest BCUT2D eigenvalue weighted by Gasteiger charge is 2.22. The normalized spacial score (nSPS) is 11.5. The number of primary amides is 1. The third-order valence-corrected chi connectivity index (χ3v) is 3.40. The Hall–Kier alpha value is -2.36. The average molecular weight is 361 g/mol. The van der Waals surface area contributed by atoms with E-state index in [4.69, 9.17) is 10.5 Å². The van der Waals surface area contributed by atoms with Gasteiger partial charge in [-0.2, -0.15) is 11.8 Å². The van der Waals surface area contributed by atoms with Crippen LogP contribution >= 0.6 is 11.8 Å². The Morgan fingerprint density at radius 2 is 2.04 bits per heavy atom. The molecule has 0 heterocycles. The highest BCUT2D eigenvalue weighted by Crippen LogP contribution is 2.15. The maximum absolute atomic E-state index is 13.4. The third kappa shape index (κ3) is 6.82. The Morgan fingerprint density at radius 3 is 2.67 bits per heavy atom. The van der Waals surface area contributed by atoms with Gasteiger partial charge in [0.1, 0.15) is 17.7 Å². The zero-order chi connectivity index (χ0) is 18.1. The Kier molecular flexibility index (Phi) is 7.96. The van der Waals surface area contributed by atoms with Crippen molar-refractivity contribution in [2.45, 2.75) is 12.5 Å². The molecule has 0 aromatic heterocycles. The number of thioether (sulfide) groups is 1. The van der Waals surface area contributed by atoms with Gasteiger partial charge in [-0.05, 0) is 30.6 Å². The van der Waals surface area contributed by atoms with Crippen LogP contribution < -0.4 is 16.4 Å². The van der Waals surface area contributed by atoms with Gasteiger partial charge in [-0.3, -0.25) is 4.79 Å². The minimum atomic E-state index is -0.992. The zero-order valence-corrected chi connectivity index (χ0v) is 13.6. The lowest BCUT2D eigenvalue weighted by Crippen LogP contribution is -2.45. The first kappa shape index (κ1) is 19.7. The number of rotatable bonds is 8. The molecule has 0 saturated heterocycles. The van der Waals surface area contributed by atoms with Crippen molar-refractivity contribution in [3.8, 4) is 0 Å². The number of carbonyl (C=O) groups is 3. The fourth-order valence-corrected chi connectivity index (χ4v) is 2.14. The number of carbonyl (C=O) groups excluding carboxylic acids is 3. The molecule has 1 atom stereocenters. The van der Waals surface area contributed by atoms with Gasteiger partial charge in [-0.1, -0.05) is 0 Å². The SMILES string of the molecule is CSCC[C@@H](NC(N)=O)C(=O)OCC(=O)Nc1cc(F)ccc1F. The zero-order valence-electron chi connectivity index (χ0n) is 12.8. The molecule has 1 aromatic carbocycles. The lowest BCUT2D eigenvalue weighted by molar-refractivity contribution is -0.149. The fourth-order valence-electron chi connectivity index (χ4n) is 1.67. The summed E-state index contributed by atoms with van der Waals surface area (Å²) >= 11 is 1.45. The number of esters is 1. The molecule has 1 aromatic rings. The Morgan fingerprint density at radius 1 is 1.33 bits per heavy atom. The maximum Gasteiger partial charge on any atom is 0.329 e. The number of hydrogen-bond acceptors (Lipinski definition) is 5. The number of hydrogen-bond donors (Lipinski definition) is 3. The topological polar surface area (TPSA) is 111 Å². The highest BCUT2D eigenvalue weighted by atomic mass is 32.2. The molecule has 0 aliphatic carbocycles. The molecule has 0 radical (unpaired) electrons. The van der Waals surface area contributed by atoms with Crippen LogP contribution in [-0.2, 0) is 14.3 Å². The molecule has 4 N–H and O–H groups in total. The molecule has 0 aliphatic rings. The molecule has 0 saturated carbocycles. The molecule has 0 bridgehead atoms. The maximum atomic E-state index is 13.4. The molecule has 132 valence electrons. The van der Waals surface area contributed by atoms with Crippen LogP contribution in [0.4, 0.5) is 19.3 Å². The summed E-state index contributed by atoms with van der Waals surface area (Å²) in [5.41, 5.74) is 4.60. The van der Waals surface area contributed by atoms with Gasteiger partial charge in [0.2, 0.25) is 0 Å². The molecule has 0 spiro atoms. The van der Waals surface area contributed by atoms with E-state index in [-0.39, 0.29) is 12.1 Å². The lowest BCUT2D eigenvalue weighted by Gasteiger charge is -2.16. The van der Waals surface area contributed by atoms with Crippen LogP contribution in [0.5, 0.6) is 0 Å². The van der Waals surface area contributed by atoms with E-state index < -0.39 is 42.2 Å². The summed E-state index contributed by atoms with van der Waals surface area (Å²) in [6, 6.07) is 0.659. The first-order chi connectivity index (χ1) is 11.3. The average Bonchev–Trinajstić information content (AvgIpc) is 2.52. The van der Waals surface area contributed by atoms with E-state index in [0.29, 0.717) is 5.75 Å². The number of benzene rings is 1. The number of ether oxygens (including phenoxy) is 1. The largest absolute Gasteiger partial charge is 0.454 e. The molecule has 24 heavy (non-hydrogen) atoms. The van der Waals surface area contributed by atoms with E-state index in [1.807, 2.05) is 6.26 Å². The lowest BCUT2D eigenvalue weighted by atomic mass is 10.2. The fraction of sp³-hybridized carbons (Fsp3) is 0.357. The van der Waals surface area contributed by atoms with Crippen molar-refractivity contribution in [1.82, 2.24) is 5.32 Å². The van der Waals surface area contributed by atoms with E-state index >= 15 is 0 Å². The van der Waals surface area contributed by atoms with Gasteiger partial charge < -0.3 is 21.1 Å². The first-order valence-corrected chi connectivity index (χ1v) is 8.19. The first-order valence-electron chi connectivity index (χ1n) is 6.80. The van der Waals surface area contributed by atoms with Gasteiger partial charge in [0, 0.05) is 6.07 Å². The minimum Gasteiger partial charge on any atom is -0.454 e. The van der Waals surface area contributed by atoms with Gasteiger partial charge in [-0.25, -0.2) is 18.4 Å². The van der Waals surface area contributed by atoms with Gasteiger partial charge in [0.05, 0.1) is 5.69 Å². The summed E-state index contributed by atoms with van der Waals surface area (Å²) < 4.78 is 31.1. The van der Waals surface area contributed by atoms with Crippen LogP contribution in [0.3, 0.4) is 0 Å². The number of nitrogens with two attached hydrogens (primary N) is 1. The number of urea groups is 1. The van der Waals surface area contributed by atoms with Gasteiger partial charge >= 0.3 is 12.0 Å². The van der Waals surface area contributed by atoms with Crippen LogP contribution in [-0.4, -0.2) is 42.6 Å². The summed E-state index contributed by atoms with van der Waals surface area (Å²) in [5.74, 6) is -2.70. The summed E-state index contributed by atoms with van der Waals surface area (Å²) in [5, 5.41) is 4.30. The second-order valence-electron chi connectivity index (χ2n) is 4.62. The molecule has 0 unspecified atom stereocenters. The van der Waals surface area contributed by atoms with Crippen LogP contribution in [0.25, 0.3) is 0 Å². The molecule has 1 rings (SSSR count). The third-order valence-electron chi connectivity index (χ3n) is 2.76. The van der Waals surface area contributed by atoms with Gasteiger partial charge in [0.25, 0.3) is 5.91 Å². The van der Waals surface area contributed by atoms with Crippen molar-refractivity contribution < 1.29 is 27.9 Å². The van der Waals surface area contributed by atoms with E-state index in [2.05, 4.69) is 10.6 Å². The van der Waals surface area contributed by atoms with Crippen molar-refractivity contribution >= 4 is 35.4 Å². The molecular weight excluding hydrogens is 344 g/mol. The molecular formula is C14H17F2N3O4S. The van der Waals surface area contributed by atoms with Crippen molar-refractivity contribution in [2.75, 3.05) is 23.9 Å². The van der Waals surface area contributed by atoms with E-state index in [1.165, 1.54) is 11.8 Å². The summed E-state index contributed by atoms with van der Waals surface area (Å²) in [6.07, 6.45) is 2.08. The van der Waals surface area contributed by atoms with Crippen molar-refractivity contribution in [3.63, 3.8) is 0 Å². The summed E-state index contributed by atoms with van der Waals surface area (Å²) in [4.78, 5) is 34.4. The monoisotopic (exact) mass is 361 g/mol. The Bertz CT molecular complexity index is 616. The van der Waals surface area contributed by atoms with Crippen LogP contribution in [0.15, 0.2) is 18.2 Å². The molecule has 0 fully saturated rings. The highest BCUT2D eigenvalue weighted by molar-refractivity contribution is 7.98. The number of anilines is 1. The van der Waals surface area contributed by atoms with Gasteiger partial charge in [0.15, 0.2) is 6.61 Å². The predicted octanol–water partition coefficient (Wildman–Crippen LogP) is 1.24. The molecule has 7 nitrogen and oxygen atoms in total. The van der Waals surface area contributed by atoms with Crippen molar-refractivity contribution in [3.05, 3.63) is 29.8 Å². The molecule has 10 heteroatoms. The number of halogens is 2. The minimum absolute atomic E-state index is 0.267. The van der Waals surface area contributed by atoms with Crippen LogP contribution in [0, 0.1) is 11.6 Å². The standard InChI is InChI=1S/C14H17F2N3O4S/c1-24-5-4-10(19-14(17)22)13(21)23-7-12(20)18-11-6-8(15)2-3-9(11)16/h2-3,6,10H,4-5,7H2,1H3,(H,18,20)(H3,17,19,22)/t10-/m1/s1. The van der Waals surface area contributed by atoms with E-state index in [0.717, 1.165) is 18.2 Å². The Labute approximate surface area is 141 Å². The molecule has 0 aliphatic heterocycles. The number of amides is 3. The van der Waals surface area contributed by atoms with E-state index in [9.17, 15) is 23.2 Å². The van der Waals surface area contributed by atoms with Gasteiger partial charge in [-0.15, -0.1) is 0 Å². The van der Waals surface area contributed by atoms with Crippen LogP contribution in [0.2, 0.25) is 0 Å². The number of nitrogens with one attached hydrogen (secondary N) is 2. The second kappa shape index (κ2) is 9.71. The summed E-state index contributed by atoms with van der Waals surface area (Å²) in [6.45, 7) is -0.717. The molecule has 3 amide bonds. The quantitative estimate of drug-likeness (QED) is 0.603.